The van der Waals surface area contributed by atoms with Crippen LogP contribution in [0.25, 0.3) is 0 Å². The molecule has 32 heavy (non-hydrogen) atoms. The molecule has 0 atom stereocenters. The molecule has 2 N–H and O–H groups in total. The lowest BCUT2D eigenvalue weighted by Crippen LogP contribution is -2.52. The van der Waals surface area contributed by atoms with Gasteiger partial charge in [-0.2, -0.15) is 13.2 Å². The number of halogens is 4. The number of aryl methyl sites for hydroxylation is 1. The van der Waals surface area contributed by atoms with E-state index in [1.165, 1.54) is 0 Å². The fraction of sp³-hybridized carbons (Fsp3) is 0.286. The van der Waals surface area contributed by atoms with Gasteiger partial charge < -0.3 is 15.1 Å². The molecule has 6 nitrogen and oxygen atoms in total. The molecule has 0 radical (unpaired) electrons. The Labute approximate surface area is 193 Å². The van der Waals surface area contributed by atoms with E-state index in [1.54, 1.807) is 36.4 Å². The van der Waals surface area contributed by atoms with Crippen molar-refractivity contribution in [3.63, 3.8) is 0 Å². The molecule has 0 bridgehead atoms. The molecule has 0 spiro atoms. The number of nitrogens with zero attached hydrogens (tertiary/aromatic N) is 2. The number of hydrogen-bond donors (Lipinski definition) is 2. The second kappa shape index (κ2) is 9.74. The van der Waals surface area contributed by atoms with Gasteiger partial charge in [-0.25, -0.2) is 0 Å². The molecule has 0 saturated carbocycles. The molecule has 2 aromatic carbocycles. The number of alkyl halides is 3. The molecule has 11 heteroatoms. The highest BCUT2D eigenvalue weighted by molar-refractivity contribution is 7.80. The molecule has 2 aromatic rings. The van der Waals surface area contributed by atoms with E-state index in [-0.39, 0.29) is 37.2 Å². The minimum Gasteiger partial charge on any atom is -0.366 e. The monoisotopic (exact) mass is 484 g/mol. The van der Waals surface area contributed by atoms with Crippen molar-refractivity contribution in [3.8, 4) is 0 Å². The summed E-state index contributed by atoms with van der Waals surface area (Å²) in [6.07, 6.45) is -4.89. The van der Waals surface area contributed by atoms with Crippen molar-refractivity contribution < 1.29 is 22.8 Å². The summed E-state index contributed by atoms with van der Waals surface area (Å²) in [6.45, 7) is 2.11. The number of anilines is 2. The summed E-state index contributed by atoms with van der Waals surface area (Å²) in [5, 5.41) is 6.00. The Morgan fingerprint density at radius 1 is 1.06 bits per heavy atom. The first kappa shape index (κ1) is 23.8. The third kappa shape index (κ3) is 5.89. The number of rotatable bonds is 3. The van der Waals surface area contributed by atoms with Crippen molar-refractivity contribution in [2.75, 3.05) is 36.4 Å². The minimum atomic E-state index is -4.89. The largest absolute Gasteiger partial charge is 0.471 e. The third-order valence-electron chi connectivity index (χ3n) is 4.86. The molecule has 1 heterocycles. The molecule has 1 saturated heterocycles. The molecule has 0 aromatic heterocycles. The van der Waals surface area contributed by atoms with Crippen LogP contribution in [-0.4, -0.2) is 54.2 Å². The Hall–Kier alpha value is -2.85. The van der Waals surface area contributed by atoms with Gasteiger partial charge in [-0.1, -0.05) is 29.3 Å². The fourth-order valence-electron chi connectivity index (χ4n) is 3.33. The number of hydrogen-bond acceptors (Lipinski definition) is 4. The number of piperazine rings is 1. The lowest BCUT2D eigenvalue weighted by molar-refractivity contribution is -0.185. The standard InChI is InChI=1S/C21H20ClF3N4O2S/c1-13-3-2-4-14(11-13)18(30)27-20(32)26-16-12-15(22)5-6-17(16)28-7-9-29(10-8-28)19(31)21(23,24)25/h2-6,11-12H,7-10H2,1H3,(H2,26,27,30,32). The molecule has 3 rings (SSSR count). The van der Waals surface area contributed by atoms with Crippen LogP contribution in [0.15, 0.2) is 42.5 Å². The molecule has 170 valence electrons. The van der Waals surface area contributed by atoms with Crippen LogP contribution < -0.4 is 15.5 Å². The topological polar surface area (TPSA) is 64.7 Å². The van der Waals surface area contributed by atoms with Crippen molar-refractivity contribution in [1.29, 1.82) is 0 Å². The molecule has 0 unspecified atom stereocenters. The SMILES string of the molecule is Cc1cccc(C(=O)NC(=S)Nc2cc(Cl)ccc2N2CCN(C(=O)C(F)(F)F)CC2)c1. The van der Waals surface area contributed by atoms with E-state index in [0.29, 0.717) is 22.0 Å². The van der Waals surface area contributed by atoms with Gasteiger partial charge in [-0.15, -0.1) is 0 Å². The van der Waals surface area contributed by atoms with Crippen molar-refractivity contribution in [1.82, 2.24) is 10.2 Å². The average molecular weight is 485 g/mol. The second-order valence-corrected chi connectivity index (χ2v) is 8.06. The number of benzene rings is 2. The summed E-state index contributed by atoms with van der Waals surface area (Å²) < 4.78 is 38.0. The summed E-state index contributed by atoms with van der Waals surface area (Å²) in [5.74, 6) is -2.22. The Kier molecular flexibility index (Phi) is 7.25. The molecule has 1 fully saturated rings. The Bertz CT molecular complexity index is 1040. The number of nitrogens with one attached hydrogen (secondary N) is 2. The quantitative estimate of drug-likeness (QED) is 0.645. The zero-order chi connectivity index (χ0) is 23.5. The first-order chi connectivity index (χ1) is 15.0. The van der Waals surface area contributed by atoms with Crippen molar-refractivity contribution in [3.05, 3.63) is 58.6 Å². The molecular weight excluding hydrogens is 465 g/mol. The lowest BCUT2D eigenvalue weighted by Gasteiger charge is -2.37. The molecule has 2 amide bonds. The highest BCUT2D eigenvalue weighted by atomic mass is 35.5. The summed E-state index contributed by atoms with van der Waals surface area (Å²) in [7, 11) is 0. The van der Waals surface area contributed by atoms with Crippen LogP contribution in [0.5, 0.6) is 0 Å². The number of carbonyl (C=O) groups excluding carboxylic acids is 2. The summed E-state index contributed by atoms with van der Waals surface area (Å²) in [4.78, 5) is 26.5. The van der Waals surface area contributed by atoms with Crippen molar-refractivity contribution in [2.45, 2.75) is 13.1 Å². The van der Waals surface area contributed by atoms with E-state index < -0.39 is 12.1 Å². The predicted molar refractivity (Wildman–Crippen MR) is 121 cm³/mol. The molecule has 1 aliphatic heterocycles. The van der Waals surface area contributed by atoms with Crippen LogP contribution in [0, 0.1) is 6.92 Å². The van der Waals surface area contributed by atoms with Crippen molar-refractivity contribution >= 4 is 52.1 Å². The van der Waals surface area contributed by atoms with Crippen LogP contribution in [0.3, 0.4) is 0 Å². The maximum atomic E-state index is 12.7. The number of amides is 2. The van der Waals surface area contributed by atoms with E-state index in [1.807, 2.05) is 17.9 Å². The Balaban J connectivity index is 1.68. The number of carbonyl (C=O) groups is 2. The highest BCUT2D eigenvalue weighted by Crippen LogP contribution is 2.30. The zero-order valence-electron chi connectivity index (χ0n) is 17.0. The molecular formula is C21H20ClF3N4O2S. The van der Waals surface area contributed by atoms with Gasteiger partial charge in [0.15, 0.2) is 5.11 Å². The van der Waals surface area contributed by atoms with Crippen LogP contribution in [0.1, 0.15) is 15.9 Å². The summed E-state index contributed by atoms with van der Waals surface area (Å²) >= 11 is 11.4. The van der Waals surface area contributed by atoms with Gasteiger partial charge in [0.2, 0.25) is 0 Å². The van der Waals surface area contributed by atoms with Crippen LogP contribution in [-0.2, 0) is 4.79 Å². The normalized spacial score (nSPS) is 14.2. The van der Waals surface area contributed by atoms with Gasteiger partial charge in [-0.3, -0.25) is 14.9 Å². The van der Waals surface area contributed by atoms with Crippen LogP contribution in [0.2, 0.25) is 5.02 Å². The van der Waals surface area contributed by atoms with Gasteiger partial charge in [0.25, 0.3) is 5.91 Å². The van der Waals surface area contributed by atoms with E-state index in [0.717, 1.165) is 10.5 Å². The van der Waals surface area contributed by atoms with Gasteiger partial charge in [0.1, 0.15) is 0 Å². The Morgan fingerprint density at radius 2 is 1.75 bits per heavy atom. The maximum Gasteiger partial charge on any atom is 0.471 e. The van der Waals surface area contributed by atoms with Crippen molar-refractivity contribution in [2.24, 2.45) is 0 Å². The molecule has 1 aliphatic rings. The summed E-state index contributed by atoms with van der Waals surface area (Å²) in [5.41, 5.74) is 2.51. The number of thiocarbonyl (C=S) groups is 1. The van der Waals surface area contributed by atoms with Gasteiger partial charge in [0, 0.05) is 36.8 Å². The van der Waals surface area contributed by atoms with Gasteiger partial charge in [-0.05, 0) is 49.5 Å². The predicted octanol–water partition coefficient (Wildman–Crippen LogP) is 3.99. The third-order valence-corrected chi connectivity index (χ3v) is 5.30. The zero-order valence-corrected chi connectivity index (χ0v) is 18.6. The van der Waals surface area contributed by atoms with Gasteiger partial charge in [0.05, 0.1) is 11.4 Å². The van der Waals surface area contributed by atoms with E-state index in [4.69, 9.17) is 23.8 Å². The van der Waals surface area contributed by atoms with Crippen LogP contribution in [0.4, 0.5) is 24.5 Å². The van der Waals surface area contributed by atoms with Crippen LogP contribution >= 0.6 is 23.8 Å². The smallest absolute Gasteiger partial charge is 0.366 e. The first-order valence-electron chi connectivity index (χ1n) is 9.64. The van der Waals surface area contributed by atoms with E-state index in [9.17, 15) is 22.8 Å². The molecule has 0 aliphatic carbocycles. The summed E-state index contributed by atoms with van der Waals surface area (Å²) in [6, 6.07) is 12.0. The lowest BCUT2D eigenvalue weighted by atomic mass is 10.1. The minimum absolute atomic E-state index is 0.0471. The van der Waals surface area contributed by atoms with Gasteiger partial charge >= 0.3 is 12.1 Å². The fourth-order valence-corrected chi connectivity index (χ4v) is 3.70. The van der Waals surface area contributed by atoms with E-state index in [2.05, 4.69) is 10.6 Å². The first-order valence-corrected chi connectivity index (χ1v) is 10.4. The maximum absolute atomic E-state index is 12.7. The van der Waals surface area contributed by atoms with E-state index >= 15 is 0 Å². The second-order valence-electron chi connectivity index (χ2n) is 7.22. The Morgan fingerprint density at radius 3 is 2.38 bits per heavy atom. The average Bonchev–Trinajstić information content (AvgIpc) is 2.73. The highest BCUT2D eigenvalue weighted by Gasteiger charge is 2.43.